The molecule has 2 amide bonds. The molecule has 36 heavy (non-hydrogen) atoms. The first-order chi connectivity index (χ1) is 17.3. The molecule has 0 aliphatic carbocycles. The van der Waals surface area contributed by atoms with E-state index in [0.717, 1.165) is 17.1 Å². The smallest absolute Gasteiger partial charge is 0.264 e. The maximum absolute atomic E-state index is 13.6. The van der Waals surface area contributed by atoms with Crippen LogP contribution in [-0.2, 0) is 14.8 Å². The number of benzene rings is 3. The third-order valence-electron chi connectivity index (χ3n) is 5.29. The van der Waals surface area contributed by atoms with E-state index in [4.69, 9.17) is 16.3 Å². The van der Waals surface area contributed by atoms with Crippen LogP contribution in [0, 0.1) is 0 Å². The van der Waals surface area contributed by atoms with Crippen molar-refractivity contribution in [1.29, 1.82) is 0 Å². The summed E-state index contributed by atoms with van der Waals surface area (Å²) in [6.07, 6.45) is 1.76. The molecule has 0 aromatic heterocycles. The lowest BCUT2D eigenvalue weighted by Gasteiger charge is -2.26. The number of methoxy groups -OCH3 is 1. The van der Waals surface area contributed by atoms with E-state index >= 15 is 0 Å². The van der Waals surface area contributed by atoms with Gasteiger partial charge in [-0.3, -0.25) is 13.9 Å². The van der Waals surface area contributed by atoms with E-state index in [1.165, 1.54) is 31.4 Å². The Balaban J connectivity index is 1.95. The molecule has 8 nitrogen and oxygen atoms in total. The highest BCUT2D eigenvalue weighted by Gasteiger charge is 2.30. The molecule has 0 atom stereocenters. The van der Waals surface area contributed by atoms with Gasteiger partial charge in [0.1, 0.15) is 12.3 Å². The highest BCUT2D eigenvalue weighted by molar-refractivity contribution is 7.92. The number of unbranched alkanes of at least 4 members (excludes halogenated alkanes) is 1. The van der Waals surface area contributed by atoms with Crippen LogP contribution < -0.4 is 19.7 Å². The van der Waals surface area contributed by atoms with Gasteiger partial charge in [0.05, 0.1) is 28.9 Å². The van der Waals surface area contributed by atoms with Crippen molar-refractivity contribution in [2.45, 2.75) is 24.7 Å². The number of ether oxygens (including phenoxy) is 1. The van der Waals surface area contributed by atoms with Gasteiger partial charge in [0.25, 0.3) is 15.9 Å². The van der Waals surface area contributed by atoms with Gasteiger partial charge in [0.15, 0.2) is 0 Å². The molecule has 190 valence electrons. The quantitative estimate of drug-likeness (QED) is 0.350. The van der Waals surface area contributed by atoms with E-state index < -0.39 is 22.5 Å². The lowest BCUT2D eigenvalue weighted by Crippen LogP contribution is -2.38. The highest BCUT2D eigenvalue weighted by Crippen LogP contribution is 2.34. The van der Waals surface area contributed by atoms with Crippen molar-refractivity contribution >= 4 is 44.8 Å². The second kappa shape index (κ2) is 12.4. The SMILES string of the molecule is CCCCNC(=O)c1ccccc1NC(=O)CN(c1cc(Cl)ccc1OC)S(=O)(=O)c1ccccc1. The van der Waals surface area contributed by atoms with Gasteiger partial charge in [-0.1, -0.05) is 55.3 Å². The van der Waals surface area contributed by atoms with Crippen molar-refractivity contribution < 1.29 is 22.7 Å². The summed E-state index contributed by atoms with van der Waals surface area (Å²) < 4.78 is 33.5. The van der Waals surface area contributed by atoms with Crippen molar-refractivity contribution in [3.8, 4) is 5.75 Å². The topological polar surface area (TPSA) is 105 Å². The van der Waals surface area contributed by atoms with E-state index in [-0.39, 0.29) is 38.5 Å². The van der Waals surface area contributed by atoms with E-state index in [2.05, 4.69) is 10.6 Å². The number of rotatable bonds is 11. The standard InChI is InChI=1S/C26H28ClN3O5S/c1-3-4-16-28-26(32)21-12-8-9-13-22(21)29-25(31)18-30(23-17-19(27)14-15-24(23)35-2)36(33,34)20-10-6-5-7-11-20/h5-15,17H,3-4,16,18H2,1-2H3,(H,28,32)(H,29,31). The van der Waals surface area contributed by atoms with Gasteiger partial charge in [-0.2, -0.15) is 0 Å². The normalized spacial score (nSPS) is 11.0. The third-order valence-corrected chi connectivity index (χ3v) is 7.30. The van der Waals surface area contributed by atoms with Crippen LogP contribution in [0.4, 0.5) is 11.4 Å². The van der Waals surface area contributed by atoms with E-state index in [0.29, 0.717) is 6.54 Å². The Hall–Kier alpha value is -3.56. The van der Waals surface area contributed by atoms with Crippen molar-refractivity contribution in [1.82, 2.24) is 5.32 Å². The van der Waals surface area contributed by atoms with Crippen LogP contribution >= 0.6 is 11.6 Å². The first-order valence-corrected chi connectivity index (χ1v) is 13.2. The number of hydrogen-bond donors (Lipinski definition) is 2. The van der Waals surface area contributed by atoms with Crippen molar-refractivity contribution in [2.24, 2.45) is 0 Å². The fourth-order valence-electron chi connectivity index (χ4n) is 3.46. The Morgan fingerprint density at radius 1 is 1.00 bits per heavy atom. The fraction of sp³-hybridized carbons (Fsp3) is 0.231. The van der Waals surface area contributed by atoms with Gasteiger partial charge < -0.3 is 15.4 Å². The summed E-state index contributed by atoms with van der Waals surface area (Å²) in [5, 5.41) is 5.77. The minimum Gasteiger partial charge on any atom is -0.495 e. The van der Waals surface area contributed by atoms with E-state index in [9.17, 15) is 18.0 Å². The van der Waals surface area contributed by atoms with E-state index in [1.807, 2.05) is 6.92 Å². The summed E-state index contributed by atoms with van der Waals surface area (Å²) >= 11 is 6.17. The Kier molecular flexibility index (Phi) is 9.32. The number of hydrogen-bond acceptors (Lipinski definition) is 5. The van der Waals surface area contributed by atoms with Gasteiger partial charge in [0, 0.05) is 11.6 Å². The van der Waals surface area contributed by atoms with Crippen LogP contribution in [0.5, 0.6) is 5.75 Å². The molecule has 0 spiro atoms. The summed E-state index contributed by atoms with van der Waals surface area (Å²) in [7, 11) is -2.78. The van der Waals surface area contributed by atoms with Crippen molar-refractivity contribution in [3.63, 3.8) is 0 Å². The van der Waals surface area contributed by atoms with Crippen LogP contribution in [0.3, 0.4) is 0 Å². The number of carbonyl (C=O) groups excluding carboxylic acids is 2. The molecule has 3 aromatic carbocycles. The molecule has 10 heteroatoms. The molecule has 0 radical (unpaired) electrons. The number of nitrogens with zero attached hydrogens (tertiary/aromatic N) is 1. The van der Waals surface area contributed by atoms with Gasteiger partial charge in [-0.05, 0) is 48.9 Å². The Morgan fingerprint density at radius 3 is 2.39 bits per heavy atom. The van der Waals surface area contributed by atoms with Crippen LogP contribution in [0.15, 0.2) is 77.7 Å². The summed E-state index contributed by atoms with van der Waals surface area (Å²) in [5.41, 5.74) is 0.654. The van der Waals surface area contributed by atoms with Crippen molar-refractivity contribution in [3.05, 3.63) is 83.4 Å². The molecule has 3 rings (SSSR count). The Labute approximate surface area is 216 Å². The zero-order valence-electron chi connectivity index (χ0n) is 20.0. The number of amides is 2. The fourth-order valence-corrected chi connectivity index (χ4v) is 5.07. The maximum Gasteiger partial charge on any atom is 0.264 e. The minimum atomic E-state index is -4.18. The molecule has 0 aliphatic heterocycles. The molecule has 0 saturated heterocycles. The predicted molar refractivity (Wildman–Crippen MR) is 141 cm³/mol. The summed E-state index contributed by atoms with van der Waals surface area (Å²) in [4.78, 5) is 25.8. The zero-order chi connectivity index (χ0) is 26.1. The lowest BCUT2D eigenvalue weighted by atomic mass is 10.1. The molecule has 3 aromatic rings. The summed E-state index contributed by atoms with van der Waals surface area (Å²) in [6.45, 7) is 1.94. The van der Waals surface area contributed by atoms with Crippen LogP contribution in [0.1, 0.15) is 30.1 Å². The molecule has 0 saturated carbocycles. The zero-order valence-corrected chi connectivity index (χ0v) is 21.6. The number of nitrogens with one attached hydrogen (secondary N) is 2. The van der Waals surface area contributed by atoms with E-state index in [1.54, 1.807) is 48.5 Å². The minimum absolute atomic E-state index is 0.00414. The highest BCUT2D eigenvalue weighted by atomic mass is 35.5. The Bertz CT molecular complexity index is 1320. The number of anilines is 2. The summed E-state index contributed by atoms with van der Waals surface area (Å²) in [5.74, 6) is -0.752. The largest absolute Gasteiger partial charge is 0.495 e. The van der Waals surface area contributed by atoms with Gasteiger partial charge in [0.2, 0.25) is 5.91 Å². The van der Waals surface area contributed by atoms with Crippen molar-refractivity contribution in [2.75, 3.05) is 29.8 Å². The molecular weight excluding hydrogens is 502 g/mol. The molecule has 0 heterocycles. The second-order valence-electron chi connectivity index (χ2n) is 7.84. The molecule has 0 aliphatic rings. The maximum atomic E-state index is 13.6. The van der Waals surface area contributed by atoms with Gasteiger partial charge in [-0.15, -0.1) is 0 Å². The molecule has 0 bridgehead atoms. The number of para-hydroxylation sites is 1. The third kappa shape index (κ3) is 6.56. The number of carbonyl (C=O) groups is 2. The number of halogens is 1. The Morgan fingerprint density at radius 2 is 1.69 bits per heavy atom. The average Bonchev–Trinajstić information content (AvgIpc) is 2.88. The van der Waals surface area contributed by atoms with Crippen LogP contribution in [0.25, 0.3) is 0 Å². The first-order valence-electron chi connectivity index (χ1n) is 11.4. The summed E-state index contributed by atoms with van der Waals surface area (Å²) in [6, 6.07) is 18.8. The monoisotopic (exact) mass is 529 g/mol. The number of sulfonamides is 1. The molecule has 0 fully saturated rings. The van der Waals surface area contributed by atoms with Crippen LogP contribution in [-0.4, -0.2) is 40.4 Å². The molecule has 2 N–H and O–H groups in total. The first kappa shape index (κ1) is 27.0. The molecular formula is C26H28ClN3O5S. The van der Waals surface area contributed by atoms with Crippen LogP contribution in [0.2, 0.25) is 5.02 Å². The second-order valence-corrected chi connectivity index (χ2v) is 10.1. The molecule has 0 unspecified atom stereocenters. The van der Waals surface area contributed by atoms with Gasteiger partial charge in [-0.25, -0.2) is 8.42 Å². The lowest BCUT2D eigenvalue weighted by molar-refractivity contribution is -0.114. The predicted octanol–water partition coefficient (Wildman–Crippen LogP) is 4.71. The van der Waals surface area contributed by atoms with Gasteiger partial charge >= 0.3 is 0 Å². The average molecular weight is 530 g/mol.